The van der Waals surface area contributed by atoms with Crippen LogP contribution in [0.3, 0.4) is 0 Å². The van der Waals surface area contributed by atoms with Gasteiger partial charge in [-0.05, 0) is 6.07 Å². The van der Waals surface area contributed by atoms with E-state index in [0.717, 1.165) is 0 Å². The molecule has 0 radical (unpaired) electrons. The number of aromatic nitrogens is 4. The van der Waals surface area contributed by atoms with Gasteiger partial charge in [-0.2, -0.15) is 0 Å². The highest BCUT2D eigenvalue weighted by atomic mass is 16.1. The zero-order valence-corrected chi connectivity index (χ0v) is 4.98. The molecule has 0 unspecified atom stereocenters. The normalized spacial score (nSPS) is 10.4. The van der Waals surface area contributed by atoms with Crippen LogP contribution in [0.15, 0.2) is 23.3 Å². The Morgan fingerprint density at radius 1 is 1.60 bits per heavy atom. The summed E-state index contributed by atoms with van der Waals surface area (Å²) < 4.78 is 1.33. The molecular formula is C5H4N4O. The summed E-state index contributed by atoms with van der Waals surface area (Å²) in [4.78, 5) is 14.6. The first kappa shape index (κ1) is 5.16. The molecule has 5 heteroatoms. The van der Waals surface area contributed by atoms with Gasteiger partial charge in [0, 0.05) is 12.4 Å². The summed E-state index contributed by atoms with van der Waals surface area (Å²) in [5.74, 6) is 0.396. The Hall–Kier alpha value is -1.65. The lowest BCUT2D eigenvalue weighted by atomic mass is 10.7. The summed E-state index contributed by atoms with van der Waals surface area (Å²) >= 11 is 0. The van der Waals surface area contributed by atoms with E-state index in [1.54, 1.807) is 18.5 Å². The minimum Gasteiger partial charge on any atom is -0.246 e. The first-order valence-electron chi connectivity index (χ1n) is 2.76. The predicted molar refractivity (Wildman–Crippen MR) is 33.6 cm³/mol. The summed E-state index contributed by atoms with van der Waals surface area (Å²) in [5, 5.41) is 5.90. The van der Waals surface area contributed by atoms with E-state index in [4.69, 9.17) is 0 Å². The molecular weight excluding hydrogens is 132 g/mol. The Kier molecular flexibility index (Phi) is 0.858. The average molecular weight is 136 g/mol. The molecule has 10 heavy (non-hydrogen) atoms. The Morgan fingerprint density at radius 2 is 2.50 bits per heavy atom. The molecule has 2 aromatic heterocycles. The standard InChI is InChI=1S/C5H4N4O/c10-5-8-7-4-6-2-1-3-9(4)5/h1-3H,(H,8,10). The highest BCUT2D eigenvalue weighted by molar-refractivity contribution is 5.22. The van der Waals surface area contributed by atoms with Crippen molar-refractivity contribution in [2.75, 3.05) is 0 Å². The maximum Gasteiger partial charge on any atom is 0.348 e. The summed E-state index contributed by atoms with van der Waals surface area (Å²) in [6.45, 7) is 0. The van der Waals surface area contributed by atoms with Crippen molar-refractivity contribution >= 4 is 5.78 Å². The minimum absolute atomic E-state index is 0.261. The van der Waals surface area contributed by atoms with Crippen LogP contribution < -0.4 is 5.69 Å². The summed E-state index contributed by atoms with van der Waals surface area (Å²) in [6, 6.07) is 1.67. The first-order valence-corrected chi connectivity index (χ1v) is 2.76. The Balaban J connectivity index is 3.07. The van der Waals surface area contributed by atoms with E-state index >= 15 is 0 Å². The van der Waals surface area contributed by atoms with Crippen molar-refractivity contribution in [3.63, 3.8) is 0 Å². The summed E-state index contributed by atoms with van der Waals surface area (Å²) in [6.07, 6.45) is 3.18. The topological polar surface area (TPSA) is 63.0 Å². The molecule has 0 saturated heterocycles. The minimum atomic E-state index is -0.261. The van der Waals surface area contributed by atoms with E-state index in [9.17, 15) is 4.79 Å². The average Bonchev–Trinajstić information content (AvgIpc) is 2.34. The number of hydrogen-bond acceptors (Lipinski definition) is 3. The quantitative estimate of drug-likeness (QED) is 0.526. The van der Waals surface area contributed by atoms with Crippen molar-refractivity contribution in [2.24, 2.45) is 0 Å². The van der Waals surface area contributed by atoms with Gasteiger partial charge in [-0.3, -0.25) is 0 Å². The number of H-pyrrole nitrogens is 1. The van der Waals surface area contributed by atoms with Crippen molar-refractivity contribution in [3.05, 3.63) is 28.9 Å². The highest BCUT2D eigenvalue weighted by Gasteiger charge is 1.95. The van der Waals surface area contributed by atoms with Gasteiger partial charge in [-0.25, -0.2) is 19.3 Å². The molecule has 0 saturated carbocycles. The van der Waals surface area contributed by atoms with Gasteiger partial charge < -0.3 is 0 Å². The van der Waals surface area contributed by atoms with Crippen molar-refractivity contribution in [2.45, 2.75) is 0 Å². The number of hydrogen-bond donors (Lipinski definition) is 1. The maximum atomic E-state index is 10.8. The third-order valence-electron chi connectivity index (χ3n) is 1.20. The second-order valence-electron chi connectivity index (χ2n) is 1.82. The van der Waals surface area contributed by atoms with Crippen LogP contribution >= 0.6 is 0 Å². The number of rotatable bonds is 0. The molecule has 0 spiro atoms. The second kappa shape index (κ2) is 1.66. The molecule has 50 valence electrons. The number of fused-ring (bicyclic) bond motifs is 1. The maximum absolute atomic E-state index is 10.8. The Labute approximate surface area is 55.3 Å². The predicted octanol–water partition coefficient (Wildman–Crippen LogP) is -0.582. The molecule has 0 atom stereocenters. The van der Waals surface area contributed by atoms with Crippen molar-refractivity contribution in [3.8, 4) is 0 Å². The van der Waals surface area contributed by atoms with Gasteiger partial charge in [-0.1, -0.05) is 0 Å². The van der Waals surface area contributed by atoms with Crippen LogP contribution in [0.2, 0.25) is 0 Å². The lowest BCUT2D eigenvalue weighted by Crippen LogP contribution is -2.08. The third kappa shape index (κ3) is 0.540. The molecule has 0 aliphatic heterocycles. The molecule has 0 amide bonds. The van der Waals surface area contributed by atoms with Crippen LogP contribution in [0.5, 0.6) is 0 Å². The lowest BCUT2D eigenvalue weighted by Gasteiger charge is -1.83. The Morgan fingerprint density at radius 3 is 3.30 bits per heavy atom. The van der Waals surface area contributed by atoms with Crippen molar-refractivity contribution < 1.29 is 0 Å². The Bertz CT molecular complexity index is 401. The van der Waals surface area contributed by atoms with E-state index < -0.39 is 0 Å². The van der Waals surface area contributed by atoms with Crippen LogP contribution in [-0.2, 0) is 0 Å². The van der Waals surface area contributed by atoms with Gasteiger partial charge in [0.15, 0.2) is 0 Å². The van der Waals surface area contributed by atoms with Gasteiger partial charge in [0.25, 0.3) is 5.78 Å². The van der Waals surface area contributed by atoms with E-state index in [-0.39, 0.29) is 5.69 Å². The molecule has 1 N–H and O–H groups in total. The van der Waals surface area contributed by atoms with Crippen molar-refractivity contribution in [1.82, 2.24) is 19.6 Å². The van der Waals surface area contributed by atoms with Crippen LogP contribution in [0.1, 0.15) is 0 Å². The van der Waals surface area contributed by atoms with Crippen LogP contribution in [0.25, 0.3) is 5.78 Å². The summed E-state index contributed by atoms with van der Waals surface area (Å²) in [7, 11) is 0. The fourth-order valence-electron chi connectivity index (χ4n) is 0.756. The highest BCUT2D eigenvalue weighted by Crippen LogP contribution is 1.84. The van der Waals surface area contributed by atoms with Gasteiger partial charge in [0.2, 0.25) is 0 Å². The zero-order chi connectivity index (χ0) is 6.97. The van der Waals surface area contributed by atoms with Crippen LogP contribution in [0, 0.1) is 0 Å². The third-order valence-corrected chi connectivity index (χ3v) is 1.20. The van der Waals surface area contributed by atoms with Gasteiger partial charge >= 0.3 is 5.69 Å². The number of aromatic amines is 1. The lowest BCUT2D eigenvalue weighted by molar-refractivity contribution is 1.02. The van der Waals surface area contributed by atoms with E-state index in [2.05, 4.69) is 15.2 Å². The van der Waals surface area contributed by atoms with E-state index in [1.165, 1.54) is 4.40 Å². The van der Waals surface area contributed by atoms with Gasteiger partial charge in [0.1, 0.15) is 0 Å². The monoisotopic (exact) mass is 136 g/mol. The molecule has 2 rings (SSSR count). The summed E-state index contributed by atoms with van der Waals surface area (Å²) in [5.41, 5.74) is -0.261. The molecule has 0 aliphatic carbocycles. The second-order valence-corrected chi connectivity index (χ2v) is 1.82. The van der Waals surface area contributed by atoms with Gasteiger partial charge in [-0.15, -0.1) is 5.10 Å². The first-order chi connectivity index (χ1) is 4.88. The molecule has 5 nitrogen and oxygen atoms in total. The fourth-order valence-corrected chi connectivity index (χ4v) is 0.756. The SMILES string of the molecule is O=c1[nH]nc2ncccn12. The number of nitrogens with zero attached hydrogens (tertiary/aromatic N) is 3. The largest absolute Gasteiger partial charge is 0.348 e. The van der Waals surface area contributed by atoms with Crippen LogP contribution in [-0.4, -0.2) is 19.6 Å². The molecule has 2 aromatic rings. The van der Waals surface area contributed by atoms with Crippen molar-refractivity contribution in [1.29, 1.82) is 0 Å². The van der Waals surface area contributed by atoms with Crippen LogP contribution in [0.4, 0.5) is 0 Å². The molecule has 0 bridgehead atoms. The molecule has 0 aromatic carbocycles. The molecule has 0 fully saturated rings. The smallest absolute Gasteiger partial charge is 0.246 e. The van der Waals surface area contributed by atoms with Gasteiger partial charge in [0.05, 0.1) is 0 Å². The zero-order valence-electron chi connectivity index (χ0n) is 4.98. The van der Waals surface area contributed by atoms with E-state index in [1.807, 2.05) is 0 Å². The molecule has 0 aliphatic rings. The molecule has 2 heterocycles. The van der Waals surface area contributed by atoms with E-state index in [0.29, 0.717) is 5.78 Å². The fraction of sp³-hybridized carbons (Fsp3) is 0. The number of nitrogens with one attached hydrogen (secondary N) is 1.